The molecule has 0 saturated carbocycles. The van der Waals surface area contributed by atoms with E-state index in [4.69, 9.17) is 14.8 Å². The smallest absolute Gasteiger partial charge is 0.393 e. The van der Waals surface area contributed by atoms with E-state index in [9.17, 15) is 24.5 Å². The molecular weight excluding hydrogens is 627 g/mol. The Hall–Kier alpha value is -1.06. The van der Waals surface area contributed by atoms with Gasteiger partial charge in [-0.2, -0.15) is 0 Å². The van der Waals surface area contributed by atoms with Crippen LogP contribution in [-0.2, 0) is 18.4 Å². The molecule has 10 heteroatoms. The highest BCUT2D eigenvalue weighted by Gasteiger charge is 2.27. The molecule has 0 aliphatic heterocycles. The van der Waals surface area contributed by atoms with Crippen LogP contribution in [-0.4, -0.2) is 59.0 Å². The molecule has 0 bridgehead atoms. The summed E-state index contributed by atoms with van der Waals surface area (Å²) in [6, 6.07) is -0.983. The van der Waals surface area contributed by atoms with Gasteiger partial charge in [-0.1, -0.05) is 147 Å². The molecule has 6 N–H and O–H groups in total. The molecule has 0 spiro atoms. The van der Waals surface area contributed by atoms with Crippen LogP contribution in [0.3, 0.4) is 0 Å². The summed E-state index contributed by atoms with van der Waals surface area (Å²) in [5.41, 5.74) is 5.34. The third-order valence-corrected chi connectivity index (χ3v) is 9.56. The molecule has 9 nitrogen and oxygen atoms in total. The monoisotopic (exact) mass is 703 g/mol. The van der Waals surface area contributed by atoms with Gasteiger partial charge in [0.05, 0.1) is 37.9 Å². The number of nitrogens with one attached hydrogen (secondary N) is 1. The van der Waals surface area contributed by atoms with Gasteiger partial charge in [-0.15, -0.1) is 0 Å². The van der Waals surface area contributed by atoms with Gasteiger partial charge in [-0.25, -0.2) is 4.57 Å². The fourth-order valence-corrected chi connectivity index (χ4v) is 6.34. The second-order valence-corrected chi connectivity index (χ2v) is 14.8. The predicted octanol–water partition coefficient (Wildman–Crippen LogP) is 9.19. The summed E-state index contributed by atoms with van der Waals surface area (Å²) >= 11 is 0. The average Bonchev–Trinajstić information content (AvgIpc) is 3.06. The third kappa shape index (κ3) is 32.2. The Kier molecular flexibility index (Phi) is 33.6. The first-order chi connectivity index (χ1) is 23.3. The first-order valence-corrected chi connectivity index (χ1v) is 21.0. The van der Waals surface area contributed by atoms with Crippen molar-refractivity contribution in [2.75, 3.05) is 19.8 Å². The van der Waals surface area contributed by atoms with Crippen molar-refractivity contribution in [2.24, 2.45) is 5.73 Å². The van der Waals surface area contributed by atoms with E-state index in [2.05, 4.69) is 31.3 Å². The van der Waals surface area contributed by atoms with E-state index in [1.54, 1.807) is 6.08 Å². The summed E-state index contributed by atoms with van der Waals surface area (Å²) in [6.07, 6.45) is 34.1. The summed E-state index contributed by atoms with van der Waals surface area (Å²) in [5, 5.41) is 23.9. The lowest BCUT2D eigenvalue weighted by atomic mass is 10.0. The Balaban J connectivity index is 4.43. The number of hydrogen-bond donors (Lipinski definition) is 5. The molecule has 0 aromatic heterocycles. The first kappa shape index (κ1) is 46.9. The maximum atomic E-state index is 12.7. The van der Waals surface area contributed by atoms with E-state index in [-0.39, 0.29) is 19.6 Å². The fraction of sp³-hybridized carbons (Fsp3) is 0.868. The average molecular weight is 703 g/mol. The largest absolute Gasteiger partial charge is 0.472 e. The molecular formula is C38H75N2O7P. The molecule has 1 amide bonds. The lowest BCUT2D eigenvalue weighted by Crippen LogP contribution is -2.46. The van der Waals surface area contributed by atoms with Crippen molar-refractivity contribution in [3.63, 3.8) is 0 Å². The van der Waals surface area contributed by atoms with E-state index in [1.807, 2.05) is 6.08 Å². The lowest BCUT2D eigenvalue weighted by Gasteiger charge is -2.24. The molecule has 4 atom stereocenters. The second-order valence-electron chi connectivity index (χ2n) is 13.3. The number of unbranched alkanes of at least 4 members (excludes halogenated alkanes) is 20. The van der Waals surface area contributed by atoms with Crippen molar-refractivity contribution in [1.29, 1.82) is 0 Å². The van der Waals surface area contributed by atoms with Crippen LogP contribution in [0.4, 0.5) is 0 Å². The van der Waals surface area contributed by atoms with E-state index in [1.165, 1.54) is 96.3 Å². The van der Waals surface area contributed by atoms with Gasteiger partial charge in [0.25, 0.3) is 0 Å². The van der Waals surface area contributed by atoms with Gasteiger partial charge in [0.1, 0.15) is 0 Å². The second kappa shape index (κ2) is 34.4. The highest BCUT2D eigenvalue weighted by atomic mass is 31.2. The van der Waals surface area contributed by atoms with E-state index in [0.29, 0.717) is 6.42 Å². The zero-order valence-corrected chi connectivity index (χ0v) is 31.7. The summed E-state index contributed by atoms with van der Waals surface area (Å²) in [5.74, 6) is -0.457. The Morgan fingerprint density at radius 2 is 1.17 bits per heavy atom. The van der Waals surface area contributed by atoms with Gasteiger partial charge < -0.3 is 26.2 Å². The zero-order valence-electron chi connectivity index (χ0n) is 30.8. The minimum absolute atomic E-state index is 0.0479. The first-order valence-electron chi connectivity index (χ1n) is 19.5. The van der Waals surface area contributed by atoms with Crippen LogP contribution in [0.25, 0.3) is 0 Å². The SMILES string of the molecule is CCCCC/C=C\CCCCCC(O)CC(=O)NC(COP(=O)(O)OCCN)C(O)/C=C/CCCCCCCCCCCCCCCC. The topological polar surface area (TPSA) is 151 Å². The number of hydrogen-bond acceptors (Lipinski definition) is 7. The number of carbonyl (C=O) groups is 1. The maximum absolute atomic E-state index is 12.7. The van der Waals surface area contributed by atoms with Crippen LogP contribution in [0.1, 0.15) is 174 Å². The van der Waals surface area contributed by atoms with Crippen LogP contribution in [0.2, 0.25) is 0 Å². The van der Waals surface area contributed by atoms with E-state index in [0.717, 1.165) is 51.4 Å². The lowest BCUT2D eigenvalue weighted by molar-refractivity contribution is -0.124. The summed E-state index contributed by atoms with van der Waals surface area (Å²) in [6.45, 7) is 3.92. The van der Waals surface area contributed by atoms with Crippen molar-refractivity contribution in [1.82, 2.24) is 5.32 Å². The summed E-state index contributed by atoms with van der Waals surface area (Å²) < 4.78 is 22.0. The molecule has 0 heterocycles. The molecule has 0 aromatic carbocycles. The Labute approximate surface area is 294 Å². The van der Waals surface area contributed by atoms with Crippen molar-refractivity contribution in [2.45, 2.75) is 193 Å². The quantitative estimate of drug-likeness (QED) is 0.0246. The van der Waals surface area contributed by atoms with Gasteiger partial charge in [-0.05, 0) is 44.9 Å². The normalized spacial score (nSPS) is 15.2. The number of allylic oxidation sites excluding steroid dienone is 3. The number of carbonyl (C=O) groups excluding carboxylic acids is 1. The van der Waals surface area contributed by atoms with Crippen molar-refractivity contribution in [3.05, 3.63) is 24.3 Å². The molecule has 48 heavy (non-hydrogen) atoms. The summed E-state index contributed by atoms with van der Waals surface area (Å²) in [4.78, 5) is 22.6. The highest BCUT2D eigenvalue weighted by Crippen LogP contribution is 2.43. The van der Waals surface area contributed by atoms with E-state index < -0.39 is 38.6 Å². The number of phosphoric acid groups is 1. The van der Waals surface area contributed by atoms with Gasteiger partial charge in [0, 0.05) is 6.54 Å². The van der Waals surface area contributed by atoms with Gasteiger partial charge in [0.2, 0.25) is 5.91 Å². The highest BCUT2D eigenvalue weighted by molar-refractivity contribution is 7.47. The van der Waals surface area contributed by atoms with Crippen LogP contribution >= 0.6 is 7.82 Å². The Morgan fingerprint density at radius 1 is 0.708 bits per heavy atom. The molecule has 4 unspecified atom stereocenters. The van der Waals surface area contributed by atoms with Gasteiger partial charge in [-0.3, -0.25) is 13.8 Å². The van der Waals surface area contributed by atoms with E-state index >= 15 is 0 Å². The summed E-state index contributed by atoms with van der Waals surface area (Å²) in [7, 11) is -4.39. The van der Waals surface area contributed by atoms with Crippen LogP contribution < -0.4 is 11.1 Å². The van der Waals surface area contributed by atoms with Crippen molar-refractivity contribution < 1.29 is 33.5 Å². The predicted molar refractivity (Wildman–Crippen MR) is 200 cm³/mol. The molecule has 0 radical (unpaired) electrons. The number of aliphatic hydroxyl groups is 2. The number of aliphatic hydroxyl groups excluding tert-OH is 2. The number of phosphoric ester groups is 1. The van der Waals surface area contributed by atoms with Crippen LogP contribution in [0, 0.1) is 0 Å². The Bertz CT molecular complexity index is 827. The van der Waals surface area contributed by atoms with Crippen molar-refractivity contribution in [3.8, 4) is 0 Å². The molecule has 0 aliphatic rings. The van der Waals surface area contributed by atoms with Gasteiger partial charge >= 0.3 is 7.82 Å². The van der Waals surface area contributed by atoms with Crippen LogP contribution in [0.15, 0.2) is 24.3 Å². The molecule has 0 aliphatic carbocycles. The number of amides is 1. The number of nitrogens with two attached hydrogens (primary N) is 1. The number of rotatable bonds is 36. The molecule has 0 aromatic rings. The maximum Gasteiger partial charge on any atom is 0.472 e. The fourth-order valence-electron chi connectivity index (χ4n) is 5.58. The van der Waals surface area contributed by atoms with Crippen molar-refractivity contribution >= 4 is 13.7 Å². The van der Waals surface area contributed by atoms with Gasteiger partial charge in [0.15, 0.2) is 0 Å². The van der Waals surface area contributed by atoms with Crippen LogP contribution in [0.5, 0.6) is 0 Å². The molecule has 0 saturated heterocycles. The Morgan fingerprint density at radius 3 is 1.71 bits per heavy atom. The molecule has 284 valence electrons. The minimum atomic E-state index is -4.39. The minimum Gasteiger partial charge on any atom is -0.393 e. The standard InChI is InChI=1S/C38H75N2O7P/c1-3-5-7-9-11-13-15-16-17-18-19-20-22-24-26-28-30-37(42)36(34-47-48(44,45)46-32-31-39)40-38(43)33-35(41)29-27-25-23-21-14-12-10-8-6-4-2/h12,14,28,30,35-37,41-42H,3-11,13,15-27,29,31-34,39H2,1-2H3,(H,40,43)(H,44,45)/b14-12-,30-28+. The zero-order chi connectivity index (χ0) is 35.6. The third-order valence-electron chi connectivity index (χ3n) is 8.58. The molecule has 0 rings (SSSR count). The molecule has 0 fully saturated rings.